The number of aryl methyl sites for hydroxylation is 2. The Balaban J connectivity index is 1.27. The van der Waals surface area contributed by atoms with Crippen molar-refractivity contribution in [1.29, 1.82) is 0 Å². The second kappa shape index (κ2) is 9.63. The topological polar surface area (TPSA) is 56.6 Å². The van der Waals surface area contributed by atoms with E-state index >= 15 is 0 Å². The first-order valence-corrected chi connectivity index (χ1v) is 12.3. The van der Waals surface area contributed by atoms with Gasteiger partial charge in [-0.05, 0) is 62.1 Å². The van der Waals surface area contributed by atoms with Gasteiger partial charge in [0.25, 0.3) is 5.56 Å². The lowest BCUT2D eigenvalue weighted by Crippen LogP contribution is -2.31. The molecule has 0 radical (unpaired) electrons. The fourth-order valence-electron chi connectivity index (χ4n) is 4.53. The van der Waals surface area contributed by atoms with E-state index in [1.165, 1.54) is 16.7 Å². The minimum absolute atomic E-state index is 0.0753. The quantitative estimate of drug-likeness (QED) is 0.521. The van der Waals surface area contributed by atoms with Gasteiger partial charge in [0.1, 0.15) is 12.4 Å². The number of rotatable bonds is 7. The highest BCUT2D eigenvalue weighted by atomic mass is 32.1. The molecular weight excluding hydrogens is 434 g/mol. The van der Waals surface area contributed by atoms with Crippen molar-refractivity contribution in [2.45, 2.75) is 45.4 Å². The maximum Gasteiger partial charge on any atom is 0.258 e. The first kappa shape index (κ1) is 22.1. The Morgan fingerprint density at radius 3 is 2.94 bits per heavy atom. The SMILES string of the molecule is Cc1nc(COc2ccn(C3=Cc4ccc(CN(C)[C@@H]5CCOC5)cc4CC3)c(=O)c2)cs1. The van der Waals surface area contributed by atoms with Crippen LogP contribution in [0.5, 0.6) is 5.75 Å². The Morgan fingerprint density at radius 1 is 1.27 bits per heavy atom. The Labute approximate surface area is 198 Å². The van der Waals surface area contributed by atoms with Gasteiger partial charge in [-0.25, -0.2) is 4.98 Å². The van der Waals surface area contributed by atoms with E-state index in [4.69, 9.17) is 9.47 Å². The highest BCUT2D eigenvalue weighted by Crippen LogP contribution is 2.28. The number of hydrogen-bond acceptors (Lipinski definition) is 6. The van der Waals surface area contributed by atoms with Crippen LogP contribution >= 0.6 is 11.3 Å². The standard InChI is InChI=1S/C26H29N3O3S/c1-18-27-22(17-33-18)15-32-25-7-9-29(26(30)13-25)23-6-5-20-11-19(3-4-21(20)12-23)14-28(2)24-8-10-31-16-24/h3-4,7,9,11-13,17,24H,5-6,8,10,14-16H2,1-2H3/t24-/m1/s1. The molecule has 3 aromatic rings. The summed E-state index contributed by atoms with van der Waals surface area (Å²) in [7, 11) is 2.18. The molecule has 33 heavy (non-hydrogen) atoms. The molecule has 0 bridgehead atoms. The summed E-state index contributed by atoms with van der Waals surface area (Å²) in [6, 6.07) is 10.6. The maximum atomic E-state index is 12.8. The van der Waals surface area contributed by atoms with Gasteiger partial charge in [0, 0.05) is 42.5 Å². The van der Waals surface area contributed by atoms with Crippen molar-refractivity contribution in [3.05, 3.63) is 79.7 Å². The summed E-state index contributed by atoms with van der Waals surface area (Å²) in [5, 5.41) is 2.99. The molecular formula is C26H29N3O3S. The lowest BCUT2D eigenvalue weighted by molar-refractivity contribution is 0.156. The minimum atomic E-state index is -0.0753. The summed E-state index contributed by atoms with van der Waals surface area (Å²) >= 11 is 1.60. The number of fused-ring (bicyclic) bond motifs is 1. The zero-order valence-electron chi connectivity index (χ0n) is 19.1. The predicted molar refractivity (Wildman–Crippen MR) is 132 cm³/mol. The molecule has 2 aromatic heterocycles. The number of benzene rings is 1. The molecule has 1 aromatic carbocycles. The van der Waals surface area contributed by atoms with Gasteiger partial charge in [0.05, 0.1) is 17.3 Å². The second-order valence-corrected chi connectivity index (χ2v) is 9.88. The highest BCUT2D eigenvalue weighted by Gasteiger charge is 2.21. The molecule has 0 N–H and O–H groups in total. The molecule has 1 atom stereocenters. The molecule has 1 aliphatic carbocycles. The number of nitrogens with zero attached hydrogens (tertiary/aromatic N) is 3. The zero-order chi connectivity index (χ0) is 22.8. The second-order valence-electron chi connectivity index (χ2n) is 8.82. The molecule has 6 nitrogen and oxygen atoms in total. The van der Waals surface area contributed by atoms with Crippen molar-refractivity contribution in [1.82, 2.24) is 14.5 Å². The van der Waals surface area contributed by atoms with Crippen LogP contribution in [-0.4, -0.2) is 40.8 Å². The third-order valence-corrected chi connectivity index (χ3v) is 7.22. The smallest absolute Gasteiger partial charge is 0.258 e. The van der Waals surface area contributed by atoms with E-state index in [9.17, 15) is 4.79 Å². The van der Waals surface area contributed by atoms with Gasteiger partial charge < -0.3 is 9.47 Å². The van der Waals surface area contributed by atoms with Crippen molar-refractivity contribution >= 4 is 23.1 Å². The molecule has 172 valence electrons. The number of allylic oxidation sites excluding steroid dienone is 1. The number of aromatic nitrogens is 2. The average Bonchev–Trinajstić information content (AvgIpc) is 3.49. The molecule has 0 amide bonds. The van der Waals surface area contributed by atoms with Gasteiger partial charge in [-0.1, -0.05) is 18.2 Å². The molecule has 0 spiro atoms. The van der Waals surface area contributed by atoms with Gasteiger partial charge in [-0.3, -0.25) is 14.3 Å². The fourth-order valence-corrected chi connectivity index (χ4v) is 5.12. The largest absolute Gasteiger partial charge is 0.487 e. The lowest BCUT2D eigenvalue weighted by Gasteiger charge is -2.24. The van der Waals surface area contributed by atoms with E-state index in [1.807, 2.05) is 24.6 Å². The van der Waals surface area contributed by atoms with Crippen LogP contribution in [0.2, 0.25) is 0 Å². The summed E-state index contributed by atoms with van der Waals surface area (Å²) < 4.78 is 13.0. The van der Waals surface area contributed by atoms with Crippen molar-refractivity contribution in [2.75, 3.05) is 20.3 Å². The van der Waals surface area contributed by atoms with Crippen LogP contribution in [0.1, 0.15) is 40.2 Å². The summed E-state index contributed by atoms with van der Waals surface area (Å²) in [6.07, 6.45) is 6.82. The highest BCUT2D eigenvalue weighted by molar-refractivity contribution is 7.09. The summed E-state index contributed by atoms with van der Waals surface area (Å²) in [4.78, 5) is 19.6. The first-order valence-electron chi connectivity index (χ1n) is 11.4. The molecule has 1 aliphatic heterocycles. The molecule has 3 heterocycles. The number of ether oxygens (including phenoxy) is 2. The summed E-state index contributed by atoms with van der Waals surface area (Å²) in [6.45, 7) is 4.96. The minimum Gasteiger partial charge on any atom is -0.487 e. The number of pyridine rings is 1. The van der Waals surface area contributed by atoms with Crippen molar-refractivity contribution in [3.8, 4) is 5.75 Å². The Morgan fingerprint density at radius 2 is 2.18 bits per heavy atom. The molecule has 7 heteroatoms. The van der Waals surface area contributed by atoms with Gasteiger partial charge in [-0.2, -0.15) is 0 Å². The molecule has 1 saturated heterocycles. The maximum absolute atomic E-state index is 12.8. The molecule has 2 aliphatic rings. The van der Waals surface area contributed by atoms with E-state index in [-0.39, 0.29) is 5.56 Å². The van der Waals surface area contributed by atoms with Crippen LogP contribution in [0, 0.1) is 6.92 Å². The monoisotopic (exact) mass is 463 g/mol. The van der Waals surface area contributed by atoms with Crippen molar-refractivity contribution < 1.29 is 9.47 Å². The van der Waals surface area contributed by atoms with E-state index in [0.29, 0.717) is 18.4 Å². The average molecular weight is 464 g/mol. The summed E-state index contributed by atoms with van der Waals surface area (Å²) in [5.74, 6) is 0.570. The Bertz CT molecular complexity index is 1220. The predicted octanol–water partition coefficient (Wildman–Crippen LogP) is 4.36. The van der Waals surface area contributed by atoms with E-state index < -0.39 is 0 Å². The zero-order valence-corrected chi connectivity index (χ0v) is 19.9. The number of likely N-dealkylation sites (N-methyl/N-ethyl adjacent to an activating group) is 1. The molecule has 5 rings (SSSR count). The lowest BCUT2D eigenvalue weighted by atomic mass is 9.93. The third kappa shape index (κ3) is 5.11. The third-order valence-electron chi connectivity index (χ3n) is 6.39. The van der Waals surface area contributed by atoms with Crippen LogP contribution in [-0.2, 0) is 24.3 Å². The Hall–Kier alpha value is -2.74. The molecule has 0 saturated carbocycles. The van der Waals surface area contributed by atoms with Gasteiger partial charge in [0.15, 0.2) is 0 Å². The van der Waals surface area contributed by atoms with Crippen LogP contribution in [0.3, 0.4) is 0 Å². The number of hydrogen-bond donors (Lipinski definition) is 0. The van der Waals surface area contributed by atoms with Crippen molar-refractivity contribution in [3.63, 3.8) is 0 Å². The Kier molecular flexibility index (Phi) is 6.44. The van der Waals surface area contributed by atoms with Crippen molar-refractivity contribution in [2.24, 2.45) is 0 Å². The first-order chi connectivity index (χ1) is 16.0. The van der Waals surface area contributed by atoms with Crippen LogP contribution in [0.4, 0.5) is 0 Å². The van der Waals surface area contributed by atoms with E-state index in [1.54, 1.807) is 22.0 Å². The summed E-state index contributed by atoms with van der Waals surface area (Å²) in [5.41, 5.74) is 5.69. The van der Waals surface area contributed by atoms with Crippen LogP contribution in [0.15, 0.2) is 46.7 Å². The van der Waals surface area contributed by atoms with Gasteiger partial charge >= 0.3 is 0 Å². The number of thiazole rings is 1. The fraction of sp³-hybridized carbons (Fsp3) is 0.385. The molecule has 1 fully saturated rings. The van der Waals surface area contributed by atoms with E-state index in [0.717, 1.165) is 55.4 Å². The van der Waals surface area contributed by atoms with Gasteiger partial charge in [0.2, 0.25) is 0 Å². The normalized spacial score (nSPS) is 17.8. The van der Waals surface area contributed by atoms with Gasteiger partial charge in [-0.15, -0.1) is 11.3 Å². The van der Waals surface area contributed by atoms with Crippen LogP contribution < -0.4 is 10.3 Å². The van der Waals surface area contributed by atoms with Crippen LogP contribution in [0.25, 0.3) is 11.8 Å². The molecule has 0 unspecified atom stereocenters. The van der Waals surface area contributed by atoms with E-state index in [2.05, 4.69) is 41.2 Å².